The number of hydrazine groups is 1. The third-order valence-corrected chi connectivity index (χ3v) is 5.32. The highest BCUT2D eigenvalue weighted by Crippen LogP contribution is 2.31. The quantitative estimate of drug-likeness (QED) is 0.473. The number of benzene rings is 1. The van der Waals surface area contributed by atoms with Crippen LogP contribution in [0.2, 0.25) is 10.2 Å². The summed E-state index contributed by atoms with van der Waals surface area (Å²) in [5, 5.41) is 25.5. The third-order valence-electron chi connectivity index (χ3n) is 3.86. The Morgan fingerprint density at radius 3 is 2.85 bits per heavy atom. The lowest BCUT2D eigenvalue weighted by molar-refractivity contribution is 0.419. The molecule has 0 radical (unpaired) electrons. The van der Waals surface area contributed by atoms with E-state index in [0.29, 0.717) is 10.6 Å². The van der Waals surface area contributed by atoms with Crippen LogP contribution in [-0.2, 0) is 6.54 Å². The smallest absolute Gasteiger partial charge is 0.310 e. The van der Waals surface area contributed by atoms with Gasteiger partial charge in [0.25, 0.3) is 0 Å². The van der Waals surface area contributed by atoms with Crippen LogP contribution in [0.15, 0.2) is 34.2 Å². The molecule has 4 N–H and O–H groups in total. The van der Waals surface area contributed by atoms with E-state index >= 15 is 0 Å². The molecule has 0 bridgehead atoms. The second-order valence-corrected chi connectivity index (χ2v) is 7.40. The van der Waals surface area contributed by atoms with Crippen LogP contribution in [0.1, 0.15) is 10.6 Å². The van der Waals surface area contributed by atoms with Crippen molar-refractivity contribution in [1.82, 2.24) is 15.1 Å². The molecule has 0 spiro atoms. The number of nitrogens with zero attached hydrogens (tertiary/aromatic N) is 3. The summed E-state index contributed by atoms with van der Waals surface area (Å²) in [6.07, 6.45) is 1.70. The number of pyridine rings is 1. The maximum absolute atomic E-state index is 12.3. The Hall–Kier alpha value is -2.75. The van der Waals surface area contributed by atoms with Gasteiger partial charge >= 0.3 is 4.87 Å². The van der Waals surface area contributed by atoms with Crippen molar-refractivity contribution in [3.05, 3.63) is 65.3 Å². The van der Waals surface area contributed by atoms with E-state index < -0.39 is 0 Å². The maximum Gasteiger partial charge on any atom is 0.310 e. The molecule has 138 valence electrons. The van der Waals surface area contributed by atoms with E-state index in [1.54, 1.807) is 6.08 Å². The first-order chi connectivity index (χ1) is 12.9. The summed E-state index contributed by atoms with van der Waals surface area (Å²) in [6, 6.07) is 6.87. The number of anilines is 1. The van der Waals surface area contributed by atoms with E-state index in [0.717, 1.165) is 32.2 Å². The molecule has 0 saturated heterocycles. The molecule has 0 atom stereocenters. The van der Waals surface area contributed by atoms with E-state index in [4.69, 9.17) is 23.2 Å². The summed E-state index contributed by atoms with van der Waals surface area (Å²) < 4.78 is 1.16. The minimum absolute atomic E-state index is 0.0178. The van der Waals surface area contributed by atoms with Gasteiger partial charge in [0.1, 0.15) is 5.36 Å². The van der Waals surface area contributed by atoms with Crippen LogP contribution in [0.3, 0.4) is 0 Å². The number of aromatic nitrogens is 2. The Morgan fingerprint density at radius 1 is 1.26 bits per heavy atom. The molecule has 0 amide bonds. The summed E-state index contributed by atoms with van der Waals surface area (Å²) in [7, 11) is 0. The Labute approximate surface area is 165 Å². The molecular weight excluding hydrogens is 413 g/mol. The molecule has 0 saturated carbocycles. The van der Waals surface area contributed by atoms with Crippen molar-refractivity contribution in [1.29, 1.82) is 0 Å². The first-order valence-electron chi connectivity index (χ1n) is 7.59. The van der Waals surface area contributed by atoms with Gasteiger partial charge in [-0.05, 0) is 29.5 Å². The van der Waals surface area contributed by atoms with Crippen LogP contribution in [-0.4, -0.2) is 19.8 Å². The highest BCUT2D eigenvalue weighted by molar-refractivity contribution is 7.10. The number of aromatic hydroxyl groups is 2. The number of rotatable bonds is 3. The topological polar surface area (TPSA) is 112 Å². The van der Waals surface area contributed by atoms with Crippen LogP contribution in [0.5, 0.6) is 11.6 Å². The van der Waals surface area contributed by atoms with Gasteiger partial charge < -0.3 is 10.2 Å². The van der Waals surface area contributed by atoms with Gasteiger partial charge in [0.15, 0.2) is 10.9 Å². The van der Waals surface area contributed by atoms with E-state index in [1.807, 2.05) is 18.2 Å². The normalized spacial score (nSPS) is 13.0. The van der Waals surface area contributed by atoms with Crippen LogP contribution in [0, 0.1) is 0 Å². The fourth-order valence-corrected chi connectivity index (χ4v) is 3.88. The summed E-state index contributed by atoms with van der Waals surface area (Å²) >= 11 is 12.6. The standard InChI is InChI=1S/C16H11Cl2N5O3S/c17-9-5-8(19-14(18)13(9)24)6-23-15(25)12(27-16(23)26)4-7-1-2-10-11(3-7)21-22-20-10/h1-5,21-22,24-25H,6H2. The van der Waals surface area contributed by atoms with Gasteiger partial charge in [-0.15, -0.1) is 0 Å². The number of nitrogens with one attached hydrogen (secondary N) is 2. The zero-order valence-corrected chi connectivity index (χ0v) is 15.7. The third kappa shape index (κ3) is 3.32. The van der Waals surface area contributed by atoms with Gasteiger partial charge in [-0.3, -0.25) is 14.8 Å². The van der Waals surface area contributed by atoms with Crippen molar-refractivity contribution < 1.29 is 10.2 Å². The van der Waals surface area contributed by atoms with Gasteiger partial charge in [0.2, 0.25) is 5.88 Å². The highest BCUT2D eigenvalue weighted by atomic mass is 35.5. The van der Waals surface area contributed by atoms with E-state index in [-0.39, 0.29) is 33.2 Å². The van der Waals surface area contributed by atoms with Crippen molar-refractivity contribution in [3.63, 3.8) is 0 Å². The Morgan fingerprint density at radius 2 is 2.07 bits per heavy atom. The van der Waals surface area contributed by atoms with Crippen LogP contribution >= 0.6 is 34.5 Å². The highest BCUT2D eigenvalue weighted by Gasteiger charge is 2.15. The molecule has 3 aromatic rings. The number of halogens is 2. The lowest BCUT2D eigenvalue weighted by atomic mass is 10.2. The van der Waals surface area contributed by atoms with Crippen molar-refractivity contribution in [2.75, 3.05) is 5.43 Å². The Kier molecular flexibility index (Phi) is 4.42. The fourth-order valence-electron chi connectivity index (χ4n) is 2.56. The molecule has 3 heterocycles. The molecule has 0 fully saturated rings. The van der Waals surface area contributed by atoms with Crippen molar-refractivity contribution in [3.8, 4) is 11.6 Å². The average Bonchev–Trinajstić information content (AvgIpc) is 3.19. The molecule has 27 heavy (non-hydrogen) atoms. The summed E-state index contributed by atoms with van der Waals surface area (Å²) in [6.45, 7) is -0.0384. The Bertz CT molecular complexity index is 1210. The predicted octanol–water partition coefficient (Wildman–Crippen LogP) is 1.36. The van der Waals surface area contributed by atoms with Gasteiger partial charge in [0, 0.05) is 0 Å². The molecular formula is C16H11Cl2N5O3S. The first-order valence-corrected chi connectivity index (χ1v) is 9.16. The zero-order valence-electron chi connectivity index (χ0n) is 13.4. The monoisotopic (exact) mass is 423 g/mol. The average molecular weight is 424 g/mol. The van der Waals surface area contributed by atoms with Crippen molar-refractivity contribution >= 4 is 46.3 Å². The van der Waals surface area contributed by atoms with Gasteiger partial charge in [-0.1, -0.05) is 40.6 Å². The second-order valence-electron chi connectivity index (χ2n) is 5.65. The molecule has 1 aliphatic rings. The Balaban J connectivity index is 1.72. The molecule has 0 unspecified atom stereocenters. The zero-order chi connectivity index (χ0) is 19.1. The van der Waals surface area contributed by atoms with E-state index in [2.05, 4.69) is 21.0 Å². The van der Waals surface area contributed by atoms with Gasteiger partial charge in [-0.25, -0.2) is 10.5 Å². The number of thiazole rings is 1. The largest absolute Gasteiger partial charge is 0.504 e. The lowest BCUT2D eigenvalue weighted by Gasteiger charge is -2.06. The molecule has 1 aromatic carbocycles. The minimum atomic E-state index is -0.364. The summed E-state index contributed by atoms with van der Waals surface area (Å²) in [5.41, 5.74) is 6.68. The summed E-state index contributed by atoms with van der Waals surface area (Å²) in [5.74, 6) is -0.521. The number of fused-ring (bicyclic) bond motifs is 1. The number of hydrogen-bond acceptors (Lipinski definition) is 8. The molecule has 4 rings (SSSR count). The predicted molar refractivity (Wildman–Crippen MR) is 103 cm³/mol. The minimum Gasteiger partial charge on any atom is -0.504 e. The molecule has 2 aromatic heterocycles. The number of hydrogen-bond donors (Lipinski definition) is 4. The van der Waals surface area contributed by atoms with Gasteiger partial charge in [-0.2, -0.15) is 5.10 Å². The SMILES string of the molecule is O=c1sc(C=c2ccc3c(c2)NNN=3)c(O)n1Cc1cc(Cl)c(O)c(Cl)n1. The van der Waals surface area contributed by atoms with E-state index in [1.165, 1.54) is 6.07 Å². The van der Waals surface area contributed by atoms with Crippen LogP contribution in [0.4, 0.5) is 5.69 Å². The van der Waals surface area contributed by atoms with Crippen molar-refractivity contribution in [2.24, 2.45) is 5.10 Å². The maximum atomic E-state index is 12.3. The van der Waals surface area contributed by atoms with Crippen LogP contribution < -0.4 is 26.4 Å². The second kappa shape index (κ2) is 6.76. The lowest BCUT2D eigenvalue weighted by Crippen LogP contribution is -2.14. The van der Waals surface area contributed by atoms with Crippen molar-refractivity contribution in [2.45, 2.75) is 6.54 Å². The molecule has 8 nitrogen and oxygen atoms in total. The summed E-state index contributed by atoms with van der Waals surface area (Å²) in [4.78, 5) is 16.3. The molecule has 0 aliphatic carbocycles. The van der Waals surface area contributed by atoms with Gasteiger partial charge in [0.05, 0.1) is 27.8 Å². The fraction of sp³-hybridized carbons (Fsp3) is 0.0625. The molecule has 1 aliphatic heterocycles. The first kappa shape index (κ1) is 17.7. The van der Waals surface area contributed by atoms with E-state index in [9.17, 15) is 15.0 Å². The van der Waals surface area contributed by atoms with Crippen LogP contribution in [0.25, 0.3) is 6.08 Å². The molecule has 11 heteroatoms.